The van der Waals surface area contributed by atoms with E-state index in [1.165, 1.54) is 13.8 Å². The highest BCUT2D eigenvalue weighted by atomic mass is 19.4. The monoisotopic (exact) mass is 1390 g/mol. The fourth-order valence-electron chi connectivity index (χ4n) is 8.76. The molecular formula is C55H75F12N13O15. The van der Waals surface area contributed by atoms with Gasteiger partial charge in [-0.3, -0.25) is 58.6 Å². The van der Waals surface area contributed by atoms with E-state index in [0.29, 0.717) is 113 Å². The number of carboxylic acid groups (broad SMARTS) is 4. The van der Waals surface area contributed by atoms with E-state index >= 15 is 0 Å². The number of benzene rings is 2. The molecule has 2 aromatic carbocycles. The number of halogens is 12. The number of para-hydroxylation sites is 3. The molecule has 2 aromatic rings. The summed E-state index contributed by atoms with van der Waals surface area (Å²) in [5, 5.41) is 42.4. The van der Waals surface area contributed by atoms with Crippen molar-refractivity contribution in [2.24, 2.45) is 28.1 Å². The van der Waals surface area contributed by atoms with Gasteiger partial charge in [-0.2, -0.15) is 52.7 Å². The van der Waals surface area contributed by atoms with Gasteiger partial charge in [0.1, 0.15) is 12.1 Å². The summed E-state index contributed by atoms with van der Waals surface area (Å²) in [6.45, 7) is 9.08. The Morgan fingerprint density at radius 3 is 1.61 bits per heavy atom. The van der Waals surface area contributed by atoms with Crippen LogP contribution in [-0.2, 0) is 47.9 Å². The number of hydrogen-bond donors (Lipinski definition) is 12. The van der Waals surface area contributed by atoms with Crippen LogP contribution in [0.4, 0.5) is 69.7 Å². The Morgan fingerprint density at radius 1 is 0.621 bits per heavy atom. The standard InChI is InChI=1S/C47H71N13O7.4C2HF3O2/c1-32(43(64)56-38(14-7-8-21-48)46(67)54-33(2)61)53-45(66)37(15-10-22-52-47(49)50)51-23-26-57-27-29-59(30-28-57)41(62)18-9-11-34-19-24-58(25-20-34)31-42(63)60-39-16-5-3-12-35(39)44(65)55-36-13-4-6-17-40(36)60;4*3-2(4,5)1(6)7/h3-6,12-13,16-17,32,34,37-38,51H,7-11,14-15,18-31,48H2,1-2H3,(H,53,66)(H,55,65)(H,56,64)(H4,49,50,52)(H,54,61,67);4*(H,6,7)/t32-,37-,38-;;;;/m0..../s1. The SMILES string of the molecule is CC(=O)NC(=O)[C@H](CCCCN)NC(=O)[C@H](C)NC(=O)[C@H](CCCN=C(N)N)NCCN1CCN(C(=O)CCCC2CCN(CC(=O)N3c4ccccc4NC(=O)c4ccccc43)CC2)CC1.O=C(O)C(F)(F)F.O=C(O)C(F)(F)F.O=C(O)C(F)(F)F.O=C(O)C(F)(F)F. The molecule has 3 aliphatic rings. The number of piperidine rings is 1. The number of nitrogens with two attached hydrogens (primary N) is 3. The fourth-order valence-corrected chi connectivity index (χ4v) is 8.76. The number of imide groups is 1. The second-order valence-corrected chi connectivity index (χ2v) is 20.8. The molecule has 28 nitrogen and oxygen atoms in total. The number of carbonyl (C=O) groups is 11. The summed E-state index contributed by atoms with van der Waals surface area (Å²) >= 11 is 0. The molecule has 40 heteroatoms. The first-order valence-electron chi connectivity index (χ1n) is 28.7. The lowest BCUT2D eigenvalue weighted by molar-refractivity contribution is -0.193. The van der Waals surface area contributed by atoms with Gasteiger partial charge in [0.15, 0.2) is 5.96 Å². The number of aliphatic imine (C=N–C) groups is 1. The molecule has 2 saturated heterocycles. The molecule has 3 aliphatic heterocycles. The van der Waals surface area contributed by atoms with Crippen LogP contribution < -0.4 is 48.7 Å². The van der Waals surface area contributed by atoms with Crippen molar-refractivity contribution in [2.75, 3.05) is 82.2 Å². The van der Waals surface area contributed by atoms with Gasteiger partial charge < -0.3 is 63.8 Å². The molecule has 7 amide bonds. The molecule has 534 valence electrons. The van der Waals surface area contributed by atoms with Crippen LogP contribution >= 0.6 is 0 Å². The molecule has 0 aliphatic carbocycles. The van der Waals surface area contributed by atoms with Crippen LogP contribution in [0.1, 0.15) is 88.4 Å². The molecule has 5 rings (SSSR count). The predicted molar refractivity (Wildman–Crippen MR) is 312 cm³/mol. The molecule has 0 radical (unpaired) electrons. The largest absolute Gasteiger partial charge is 0.490 e. The van der Waals surface area contributed by atoms with Crippen LogP contribution in [0, 0.1) is 5.92 Å². The van der Waals surface area contributed by atoms with Crippen LogP contribution in [0.15, 0.2) is 53.5 Å². The number of alkyl halides is 12. The van der Waals surface area contributed by atoms with Gasteiger partial charge >= 0.3 is 48.6 Å². The first-order valence-corrected chi connectivity index (χ1v) is 28.7. The van der Waals surface area contributed by atoms with Crippen LogP contribution in [0.3, 0.4) is 0 Å². The van der Waals surface area contributed by atoms with Crippen molar-refractivity contribution in [3.8, 4) is 0 Å². The Balaban J connectivity index is 0.00000133. The van der Waals surface area contributed by atoms with Gasteiger partial charge in [0.05, 0.1) is 35.2 Å². The van der Waals surface area contributed by atoms with Gasteiger partial charge in [-0.25, -0.2) is 19.2 Å². The third-order valence-corrected chi connectivity index (χ3v) is 13.5. The highest BCUT2D eigenvalue weighted by Crippen LogP contribution is 2.38. The van der Waals surface area contributed by atoms with Gasteiger partial charge in [0, 0.05) is 59.2 Å². The van der Waals surface area contributed by atoms with E-state index in [1.807, 2.05) is 41.3 Å². The molecule has 0 aromatic heterocycles. The Labute approximate surface area is 534 Å². The topological polar surface area (TPSA) is 432 Å². The van der Waals surface area contributed by atoms with Gasteiger partial charge in [-0.15, -0.1) is 0 Å². The summed E-state index contributed by atoms with van der Waals surface area (Å²) in [5.41, 5.74) is 18.8. The van der Waals surface area contributed by atoms with Crippen molar-refractivity contribution in [1.82, 2.24) is 36.0 Å². The van der Waals surface area contributed by atoms with Crippen molar-refractivity contribution < 1.29 is 126 Å². The normalized spacial score (nSPS) is 15.2. The minimum Gasteiger partial charge on any atom is -0.475 e. The van der Waals surface area contributed by atoms with Gasteiger partial charge in [0.2, 0.25) is 35.4 Å². The van der Waals surface area contributed by atoms with Crippen molar-refractivity contribution >= 4 is 88.2 Å². The fraction of sp³-hybridized carbons (Fsp3) is 0.564. The summed E-state index contributed by atoms with van der Waals surface area (Å²) < 4.78 is 127. The number of fused-ring (bicyclic) bond motifs is 2. The predicted octanol–water partition coefficient (Wildman–Crippen LogP) is 3.27. The number of anilines is 3. The van der Waals surface area contributed by atoms with Crippen molar-refractivity contribution in [3.05, 3.63) is 54.1 Å². The molecule has 0 saturated carbocycles. The van der Waals surface area contributed by atoms with E-state index in [2.05, 4.69) is 41.4 Å². The average molecular weight is 1390 g/mol. The van der Waals surface area contributed by atoms with Crippen LogP contribution in [0.5, 0.6) is 0 Å². The van der Waals surface area contributed by atoms with E-state index in [4.69, 9.17) is 56.8 Å². The number of hydrogen-bond acceptors (Lipinski definition) is 16. The highest BCUT2D eigenvalue weighted by molar-refractivity contribution is 6.18. The second-order valence-electron chi connectivity index (χ2n) is 20.8. The van der Waals surface area contributed by atoms with Crippen LogP contribution in [0.2, 0.25) is 0 Å². The van der Waals surface area contributed by atoms with Crippen molar-refractivity contribution in [3.63, 3.8) is 0 Å². The van der Waals surface area contributed by atoms with Gasteiger partial charge in [-0.05, 0) is 115 Å². The lowest BCUT2D eigenvalue weighted by atomic mass is 9.91. The molecule has 2 fully saturated rings. The summed E-state index contributed by atoms with van der Waals surface area (Å²) in [5.74, 6) is -12.9. The molecular weight excluding hydrogens is 1310 g/mol. The van der Waals surface area contributed by atoms with E-state index in [-0.39, 0.29) is 36.6 Å². The second kappa shape index (κ2) is 40.4. The zero-order valence-electron chi connectivity index (χ0n) is 51.1. The number of carbonyl (C=O) groups excluding carboxylic acids is 7. The van der Waals surface area contributed by atoms with Crippen molar-refractivity contribution in [1.29, 1.82) is 0 Å². The van der Waals surface area contributed by atoms with Gasteiger partial charge in [0.25, 0.3) is 5.91 Å². The summed E-state index contributed by atoms with van der Waals surface area (Å²) in [4.78, 5) is 138. The number of likely N-dealkylation sites (tertiary alicyclic amines) is 1. The zero-order chi connectivity index (χ0) is 72.6. The number of guanidine groups is 1. The lowest BCUT2D eigenvalue weighted by Crippen LogP contribution is -2.56. The molecule has 0 bridgehead atoms. The Morgan fingerprint density at radius 2 is 1.12 bits per heavy atom. The molecule has 95 heavy (non-hydrogen) atoms. The van der Waals surface area contributed by atoms with Gasteiger partial charge in [-0.1, -0.05) is 24.3 Å². The maximum atomic E-state index is 13.9. The van der Waals surface area contributed by atoms with E-state index in [0.717, 1.165) is 38.8 Å². The first-order chi connectivity index (χ1) is 44.0. The summed E-state index contributed by atoms with van der Waals surface area (Å²) in [6.07, 6.45) is -13.8. The highest BCUT2D eigenvalue weighted by Gasteiger charge is 2.41. The Hall–Kier alpha value is -8.92. The van der Waals surface area contributed by atoms with Crippen LogP contribution in [-0.4, -0.2) is 221 Å². The summed E-state index contributed by atoms with van der Waals surface area (Å²) in [6, 6.07) is 12.0. The van der Waals surface area contributed by atoms with Crippen LogP contribution in [0.25, 0.3) is 0 Å². The number of unbranched alkanes of at least 4 members (excludes halogenated alkanes) is 1. The maximum Gasteiger partial charge on any atom is 0.490 e. The smallest absolute Gasteiger partial charge is 0.475 e. The molecule has 15 N–H and O–H groups in total. The van der Waals surface area contributed by atoms with E-state index in [9.17, 15) is 86.2 Å². The zero-order valence-corrected chi connectivity index (χ0v) is 51.1. The molecule has 3 heterocycles. The van der Waals surface area contributed by atoms with E-state index < -0.39 is 90.3 Å². The number of carboxylic acids is 4. The number of piperazine rings is 1. The lowest BCUT2D eigenvalue weighted by Gasteiger charge is -2.35. The summed E-state index contributed by atoms with van der Waals surface area (Å²) in [7, 11) is 0. The van der Waals surface area contributed by atoms with Crippen molar-refractivity contribution in [2.45, 2.75) is 121 Å². The Bertz CT molecular complexity index is 2820. The molecule has 3 atom stereocenters. The average Bonchev–Trinajstić information content (AvgIpc) is 1.71. The van der Waals surface area contributed by atoms with E-state index in [1.54, 1.807) is 17.0 Å². The number of amides is 7. The number of aliphatic carboxylic acids is 4. The number of nitrogens with zero attached hydrogens (tertiary/aromatic N) is 5. The molecule has 0 unspecified atom stereocenters. The minimum atomic E-state index is -5.08. The first kappa shape index (κ1) is 84.1. The minimum absolute atomic E-state index is 0.0445. The third-order valence-electron chi connectivity index (χ3n) is 13.5. The quantitative estimate of drug-likeness (QED) is 0.0329. The Kier molecular flexibility index (Phi) is 35.7. The number of rotatable bonds is 23. The maximum absolute atomic E-state index is 13.9. The third kappa shape index (κ3) is 33.2. The molecule has 0 spiro atoms. The number of nitrogens with one attached hydrogen (secondary N) is 5.